The number of aryl methyl sites for hydroxylation is 2. The van der Waals surface area contributed by atoms with E-state index in [9.17, 15) is 14.0 Å². The highest BCUT2D eigenvalue weighted by Crippen LogP contribution is 2.39. The molecule has 35 heavy (non-hydrogen) atoms. The Bertz CT molecular complexity index is 1800. The number of pyridine rings is 1. The summed E-state index contributed by atoms with van der Waals surface area (Å²) in [5, 5.41) is 10.1. The summed E-state index contributed by atoms with van der Waals surface area (Å²) in [5.74, 6) is -0.615. The van der Waals surface area contributed by atoms with Gasteiger partial charge in [-0.05, 0) is 25.1 Å². The fourth-order valence-electron chi connectivity index (χ4n) is 3.86. The van der Waals surface area contributed by atoms with Crippen LogP contribution in [0.4, 0.5) is 4.39 Å². The van der Waals surface area contributed by atoms with Crippen LogP contribution in [0.2, 0.25) is 5.02 Å². The van der Waals surface area contributed by atoms with Crippen LogP contribution in [0.5, 0.6) is 5.75 Å². The first-order valence-corrected chi connectivity index (χ1v) is 12.3. The number of benzene rings is 1. The molecule has 0 bridgehead atoms. The lowest BCUT2D eigenvalue weighted by atomic mass is 10.1. The lowest BCUT2D eigenvalue weighted by Gasteiger charge is -2.11. The Hall–Kier alpha value is -3.59. The van der Waals surface area contributed by atoms with Gasteiger partial charge in [-0.2, -0.15) is 5.26 Å². The Morgan fingerprint density at radius 1 is 1.20 bits per heavy atom. The Balaban J connectivity index is 1.84. The first kappa shape index (κ1) is 23.2. The van der Waals surface area contributed by atoms with E-state index in [1.807, 2.05) is 13.0 Å². The molecular formula is C23H15ClFN5O3S2. The van der Waals surface area contributed by atoms with Gasteiger partial charge in [-0.1, -0.05) is 11.6 Å². The minimum absolute atomic E-state index is 0.000504. The molecule has 176 valence electrons. The molecule has 0 saturated carbocycles. The van der Waals surface area contributed by atoms with Gasteiger partial charge in [-0.3, -0.25) is 14.3 Å². The standard InChI is InChI=1S/C23H15ClFN5O3S2/c1-11-28-15-9-27-10-17(20(15)34-11)30-22(31)21-16(29(23(30)32)5-3-4-26)8-19(35-21)12-6-18(33-2)14(25)7-13(12)24/h6-10H,3,5H2,1-2H3. The van der Waals surface area contributed by atoms with E-state index >= 15 is 0 Å². The second-order valence-corrected chi connectivity index (χ2v) is 10.2. The number of ether oxygens (including phenoxy) is 1. The van der Waals surface area contributed by atoms with Crippen molar-refractivity contribution < 1.29 is 9.13 Å². The summed E-state index contributed by atoms with van der Waals surface area (Å²) in [6.07, 6.45) is 3.10. The van der Waals surface area contributed by atoms with Gasteiger partial charge in [0, 0.05) is 17.0 Å². The van der Waals surface area contributed by atoms with Crippen LogP contribution < -0.4 is 16.0 Å². The number of hydrogen-bond acceptors (Lipinski definition) is 8. The number of thiophene rings is 1. The van der Waals surface area contributed by atoms with Crippen LogP contribution in [0.15, 0.2) is 40.2 Å². The summed E-state index contributed by atoms with van der Waals surface area (Å²) in [7, 11) is 1.34. The molecule has 0 radical (unpaired) electrons. The van der Waals surface area contributed by atoms with E-state index in [1.165, 1.54) is 35.3 Å². The number of fused-ring (bicyclic) bond motifs is 2. The van der Waals surface area contributed by atoms with Crippen LogP contribution in [0, 0.1) is 24.1 Å². The number of thiazole rings is 1. The maximum atomic E-state index is 14.1. The van der Waals surface area contributed by atoms with Gasteiger partial charge in [0.25, 0.3) is 5.56 Å². The number of nitriles is 1. The van der Waals surface area contributed by atoms with Gasteiger partial charge < -0.3 is 4.74 Å². The molecule has 0 N–H and O–H groups in total. The highest BCUT2D eigenvalue weighted by Gasteiger charge is 2.22. The van der Waals surface area contributed by atoms with Crippen molar-refractivity contribution in [1.29, 1.82) is 5.26 Å². The molecule has 12 heteroatoms. The van der Waals surface area contributed by atoms with Crippen molar-refractivity contribution in [1.82, 2.24) is 19.1 Å². The van der Waals surface area contributed by atoms with Crippen LogP contribution in [0.25, 0.3) is 36.6 Å². The molecule has 4 heterocycles. The van der Waals surface area contributed by atoms with Crippen molar-refractivity contribution in [2.45, 2.75) is 19.9 Å². The van der Waals surface area contributed by atoms with Crippen molar-refractivity contribution in [3.63, 3.8) is 0 Å². The van der Waals surface area contributed by atoms with Gasteiger partial charge in [0.15, 0.2) is 11.6 Å². The van der Waals surface area contributed by atoms with Crippen LogP contribution in [0.3, 0.4) is 0 Å². The van der Waals surface area contributed by atoms with E-state index in [0.717, 1.165) is 27.0 Å². The summed E-state index contributed by atoms with van der Waals surface area (Å²) in [5.41, 5.74) is 0.610. The zero-order valence-electron chi connectivity index (χ0n) is 18.3. The maximum absolute atomic E-state index is 14.1. The minimum Gasteiger partial charge on any atom is -0.494 e. The van der Waals surface area contributed by atoms with Crippen molar-refractivity contribution in [2.24, 2.45) is 0 Å². The zero-order chi connectivity index (χ0) is 24.9. The molecule has 1 aromatic carbocycles. The van der Waals surface area contributed by atoms with Gasteiger partial charge in [0.1, 0.15) is 10.2 Å². The second-order valence-electron chi connectivity index (χ2n) is 7.51. The average molecular weight is 528 g/mol. The lowest BCUT2D eigenvalue weighted by molar-refractivity contribution is 0.387. The molecule has 0 fully saturated rings. The van der Waals surface area contributed by atoms with Crippen molar-refractivity contribution in [2.75, 3.05) is 7.11 Å². The Morgan fingerprint density at radius 3 is 2.74 bits per heavy atom. The van der Waals surface area contributed by atoms with E-state index in [2.05, 4.69) is 9.97 Å². The minimum atomic E-state index is -0.615. The number of rotatable bonds is 5. The summed E-state index contributed by atoms with van der Waals surface area (Å²) < 4.78 is 22.6. The van der Waals surface area contributed by atoms with E-state index < -0.39 is 17.1 Å². The number of aromatic nitrogens is 4. The first-order chi connectivity index (χ1) is 16.8. The number of hydrogen-bond donors (Lipinski definition) is 0. The SMILES string of the molecule is COc1cc(-c2cc3c(s2)c(=O)n(-c2cncc4nc(C)sc24)c(=O)n3CCC#N)c(Cl)cc1F. The molecular weight excluding hydrogens is 513 g/mol. The predicted octanol–water partition coefficient (Wildman–Crippen LogP) is 4.91. The molecule has 0 aliphatic heterocycles. The first-order valence-electron chi connectivity index (χ1n) is 10.2. The number of nitrogens with zero attached hydrogens (tertiary/aromatic N) is 5. The molecule has 0 aliphatic carbocycles. The van der Waals surface area contributed by atoms with Gasteiger partial charge in [-0.15, -0.1) is 22.7 Å². The lowest BCUT2D eigenvalue weighted by Crippen LogP contribution is -2.38. The van der Waals surface area contributed by atoms with Crippen molar-refractivity contribution in [3.05, 3.63) is 67.3 Å². The molecule has 0 aliphatic rings. The predicted molar refractivity (Wildman–Crippen MR) is 135 cm³/mol. The van der Waals surface area contributed by atoms with Gasteiger partial charge in [0.2, 0.25) is 0 Å². The normalized spacial score (nSPS) is 11.3. The summed E-state index contributed by atoms with van der Waals surface area (Å²) in [4.78, 5) is 36.4. The zero-order valence-corrected chi connectivity index (χ0v) is 20.7. The third-order valence-electron chi connectivity index (χ3n) is 5.40. The quantitative estimate of drug-likeness (QED) is 0.322. The van der Waals surface area contributed by atoms with Gasteiger partial charge in [-0.25, -0.2) is 18.7 Å². The van der Waals surface area contributed by atoms with Crippen LogP contribution in [-0.2, 0) is 6.54 Å². The highest BCUT2D eigenvalue weighted by molar-refractivity contribution is 7.22. The number of methoxy groups -OCH3 is 1. The molecule has 8 nitrogen and oxygen atoms in total. The molecule has 0 amide bonds. The summed E-state index contributed by atoms with van der Waals surface area (Å²) in [6, 6.07) is 6.28. The highest BCUT2D eigenvalue weighted by atomic mass is 35.5. The van der Waals surface area contributed by atoms with E-state index in [-0.39, 0.29) is 28.4 Å². The summed E-state index contributed by atoms with van der Waals surface area (Å²) in [6.45, 7) is 1.91. The topological polar surface area (TPSA) is 103 Å². The molecule has 4 aromatic heterocycles. The van der Waals surface area contributed by atoms with Crippen LogP contribution >= 0.6 is 34.3 Å². The van der Waals surface area contributed by atoms with E-state index in [1.54, 1.807) is 12.3 Å². The Kier molecular flexibility index (Phi) is 5.88. The average Bonchev–Trinajstić information content (AvgIpc) is 3.43. The molecule has 0 atom stereocenters. The molecule has 5 aromatic rings. The summed E-state index contributed by atoms with van der Waals surface area (Å²) >= 11 is 8.79. The Labute approximate surface area is 210 Å². The monoisotopic (exact) mass is 527 g/mol. The fourth-order valence-corrected chi connectivity index (χ4v) is 6.18. The third-order valence-corrected chi connectivity index (χ3v) is 7.87. The molecule has 0 saturated heterocycles. The van der Waals surface area contributed by atoms with Crippen molar-refractivity contribution in [3.8, 4) is 27.9 Å². The maximum Gasteiger partial charge on any atom is 0.336 e. The van der Waals surface area contributed by atoms with Gasteiger partial charge >= 0.3 is 5.69 Å². The van der Waals surface area contributed by atoms with Crippen LogP contribution in [-0.4, -0.2) is 26.2 Å². The second kappa shape index (κ2) is 8.88. The van der Waals surface area contributed by atoms with Crippen LogP contribution in [0.1, 0.15) is 11.4 Å². The molecule has 5 rings (SSSR count). The third kappa shape index (κ3) is 3.80. The van der Waals surface area contributed by atoms with Crippen molar-refractivity contribution >= 4 is 54.7 Å². The molecule has 0 unspecified atom stereocenters. The van der Waals surface area contributed by atoms with Gasteiger partial charge in [0.05, 0.1) is 57.9 Å². The van der Waals surface area contributed by atoms with E-state index in [0.29, 0.717) is 31.9 Å². The number of halogens is 2. The Morgan fingerprint density at radius 2 is 2.00 bits per heavy atom. The van der Waals surface area contributed by atoms with E-state index in [4.69, 9.17) is 21.6 Å². The smallest absolute Gasteiger partial charge is 0.336 e. The fraction of sp³-hybridized carbons (Fsp3) is 0.174. The largest absolute Gasteiger partial charge is 0.494 e. The molecule has 0 spiro atoms.